The molecule has 0 aliphatic heterocycles. The molecule has 1 N–H and O–H groups in total. The largest absolute Gasteiger partial charge is 0.372 e. The second-order valence-electron chi connectivity index (χ2n) is 2.41. The van der Waals surface area contributed by atoms with Crippen LogP contribution in [0.2, 0.25) is 0 Å². The molecule has 5 nitrogen and oxygen atoms in total. The van der Waals surface area contributed by atoms with Crippen LogP contribution < -0.4 is 5.32 Å². The van der Waals surface area contributed by atoms with Crippen LogP contribution >= 0.6 is 0 Å². The van der Waals surface area contributed by atoms with Crippen LogP contribution in [-0.4, -0.2) is 22.2 Å². The molecule has 0 atom stereocenters. The van der Waals surface area contributed by atoms with E-state index in [-0.39, 0.29) is 0 Å². The summed E-state index contributed by atoms with van der Waals surface area (Å²) < 4.78 is 4.90. The van der Waals surface area contributed by atoms with Gasteiger partial charge < -0.3 is 9.84 Å². The molecule has 0 aliphatic rings. The van der Waals surface area contributed by atoms with Gasteiger partial charge in [0.05, 0.1) is 6.20 Å². The molecule has 0 aromatic carbocycles. The second kappa shape index (κ2) is 2.44. The van der Waals surface area contributed by atoms with E-state index in [1.54, 1.807) is 13.2 Å². The van der Waals surface area contributed by atoms with Crippen LogP contribution in [-0.2, 0) is 0 Å². The minimum Gasteiger partial charge on any atom is -0.372 e. The lowest BCUT2D eigenvalue weighted by molar-refractivity contribution is 0.448. The van der Waals surface area contributed by atoms with Gasteiger partial charge in [0.25, 0.3) is 5.71 Å². The third-order valence-corrected chi connectivity index (χ3v) is 1.58. The average Bonchev–Trinajstić information content (AvgIpc) is 2.50. The maximum atomic E-state index is 4.90. The van der Waals surface area contributed by atoms with Crippen molar-refractivity contribution in [2.24, 2.45) is 0 Å². The Morgan fingerprint density at radius 3 is 3.00 bits per heavy atom. The normalized spacial score (nSPS) is 10.5. The van der Waals surface area contributed by atoms with Gasteiger partial charge in [0.1, 0.15) is 17.0 Å². The van der Waals surface area contributed by atoms with Crippen molar-refractivity contribution in [2.75, 3.05) is 12.4 Å². The van der Waals surface area contributed by atoms with Gasteiger partial charge in [-0.2, -0.15) is 4.98 Å². The zero-order chi connectivity index (χ0) is 8.55. The highest BCUT2D eigenvalue weighted by atomic mass is 16.5. The van der Waals surface area contributed by atoms with E-state index in [1.807, 2.05) is 6.92 Å². The van der Waals surface area contributed by atoms with E-state index in [0.29, 0.717) is 11.5 Å². The first-order valence-corrected chi connectivity index (χ1v) is 3.58. The molecule has 12 heavy (non-hydrogen) atoms. The number of anilines is 1. The fraction of sp³-hybridized carbons (Fsp3) is 0.286. The van der Waals surface area contributed by atoms with Crippen molar-refractivity contribution in [2.45, 2.75) is 6.92 Å². The first-order chi connectivity index (χ1) is 5.81. The zero-order valence-electron chi connectivity index (χ0n) is 6.83. The minimum absolute atomic E-state index is 0.520. The maximum absolute atomic E-state index is 4.90. The summed E-state index contributed by atoms with van der Waals surface area (Å²) in [6.07, 6.45) is 1.60. The summed E-state index contributed by atoms with van der Waals surface area (Å²) in [6, 6.07) is 0. The molecule has 0 radical (unpaired) electrons. The summed E-state index contributed by atoms with van der Waals surface area (Å²) >= 11 is 0. The van der Waals surface area contributed by atoms with Gasteiger partial charge in [0.2, 0.25) is 0 Å². The number of nitrogens with one attached hydrogen (secondary N) is 1. The van der Waals surface area contributed by atoms with Crippen LogP contribution in [0.4, 0.5) is 5.82 Å². The zero-order valence-corrected chi connectivity index (χ0v) is 6.83. The highest BCUT2D eigenvalue weighted by molar-refractivity contribution is 5.84. The summed E-state index contributed by atoms with van der Waals surface area (Å²) in [5.41, 5.74) is 0.520. The summed E-state index contributed by atoms with van der Waals surface area (Å²) in [4.78, 5) is 8.23. The molecule has 2 heterocycles. The average molecular weight is 164 g/mol. The van der Waals surface area contributed by atoms with Gasteiger partial charge in [-0.05, 0) is 6.92 Å². The second-order valence-corrected chi connectivity index (χ2v) is 2.41. The van der Waals surface area contributed by atoms with Crippen LogP contribution in [0.25, 0.3) is 11.1 Å². The van der Waals surface area contributed by atoms with Gasteiger partial charge in [0.15, 0.2) is 0 Å². The van der Waals surface area contributed by atoms with E-state index < -0.39 is 0 Å². The molecule has 0 saturated carbocycles. The number of rotatable bonds is 1. The molecule has 2 rings (SSSR count). The summed E-state index contributed by atoms with van der Waals surface area (Å²) in [5, 5.41) is 7.39. The molecule has 0 amide bonds. The molecular weight excluding hydrogens is 156 g/mol. The molecule has 2 aromatic rings. The van der Waals surface area contributed by atoms with Gasteiger partial charge in [-0.15, -0.1) is 0 Å². The summed E-state index contributed by atoms with van der Waals surface area (Å²) in [7, 11) is 1.80. The van der Waals surface area contributed by atoms with Crippen molar-refractivity contribution < 1.29 is 4.52 Å². The Morgan fingerprint density at radius 2 is 2.25 bits per heavy atom. The van der Waals surface area contributed by atoms with Crippen LogP contribution in [0, 0.1) is 6.92 Å². The molecule has 62 valence electrons. The Labute approximate surface area is 68.8 Å². The Bertz CT molecular complexity index is 409. The lowest BCUT2D eigenvalue weighted by atomic mass is 10.4. The molecule has 5 heteroatoms. The van der Waals surface area contributed by atoms with E-state index in [9.17, 15) is 0 Å². The van der Waals surface area contributed by atoms with Crippen LogP contribution in [0.1, 0.15) is 5.82 Å². The van der Waals surface area contributed by atoms with Crippen molar-refractivity contribution in [3.05, 3.63) is 12.0 Å². The Hall–Kier alpha value is -1.65. The number of aromatic nitrogens is 3. The molecule has 0 bridgehead atoms. The Balaban J connectivity index is 2.80. The molecule has 0 spiro atoms. The van der Waals surface area contributed by atoms with Crippen LogP contribution in [0.15, 0.2) is 10.7 Å². The van der Waals surface area contributed by atoms with Crippen molar-refractivity contribution in [1.29, 1.82) is 0 Å². The van der Waals surface area contributed by atoms with Gasteiger partial charge >= 0.3 is 0 Å². The van der Waals surface area contributed by atoms with Crippen molar-refractivity contribution >= 4 is 16.9 Å². The molecule has 0 saturated heterocycles. The van der Waals surface area contributed by atoms with Crippen molar-refractivity contribution in [3.8, 4) is 0 Å². The fourth-order valence-electron chi connectivity index (χ4n) is 1.06. The van der Waals surface area contributed by atoms with Gasteiger partial charge in [-0.3, -0.25) is 0 Å². The van der Waals surface area contributed by atoms with E-state index >= 15 is 0 Å². The lowest BCUT2D eigenvalue weighted by Gasteiger charge is -1.98. The third kappa shape index (κ3) is 0.903. The van der Waals surface area contributed by atoms with Gasteiger partial charge in [-0.25, -0.2) is 4.98 Å². The lowest BCUT2D eigenvalue weighted by Crippen LogP contribution is -1.96. The van der Waals surface area contributed by atoms with Gasteiger partial charge in [0, 0.05) is 7.05 Å². The first-order valence-electron chi connectivity index (χ1n) is 3.58. The first kappa shape index (κ1) is 7.02. The number of aryl methyl sites for hydroxylation is 1. The molecular formula is C7H8N4O. The maximum Gasteiger partial charge on any atom is 0.263 e. The highest BCUT2D eigenvalue weighted by Crippen LogP contribution is 2.18. The smallest absolute Gasteiger partial charge is 0.263 e. The van der Waals surface area contributed by atoms with E-state index in [0.717, 1.165) is 11.2 Å². The van der Waals surface area contributed by atoms with Crippen molar-refractivity contribution in [3.63, 3.8) is 0 Å². The Morgan fingerprint density at radius 1 is 1.42 bits per heavy atom. The van der Waals surface area contributed by atoms with Gasteiger partial charge in [-0.1, -0.05) is 5.16 Å². The fourth-order valence-corrected chi connectivity index (χ4v) is 1.06. The van der Waals surface area contributed by atoms with E-state index in [4.69, 9.17) is 4.52 Å². The van der Waals surface area contributed by atoms with Crippen LogP contribution in [0.3, 0.4) is 0 Å². The van der Waals surface area contributed by atoms with Crippen LogP contribution in [0.5, 0.6) is 0 Å². The highest BCUT2D eigenvalue weighted by Gasteiger charge is 2.06. The number of hydrogen-bond donors (Lipinski definition) is 1. The Kier molecular flexibility index (Phi) is 1.43. The SMILES string of the molecule is CNc1nc(C)nc2oncc12. The predicted octanol–water partition coefficient (Wildman–Crippen LogP) is 0.968. The van der Waals surface area contributed by atoms with E-state index in [1.165, 1.54) is 0 Å². The monoisotopic (exact) mass is 164 g/mol. The standard InChI is InChI=1S/C7H8N4O/c1-4-10-6(8-2)5-3-9-12-7(5)11-4/h3H,1-2H3,(H,8,10,11). The molecule has 0 fully saturated rings. The topological polar surface area (TPSA) is 63.8 Å². The third-order valence-electron chi connectivity index (χ3n) is 1.58. The summed E-state index contributed by atoms with van der Waals surface area (Å²) in [5.74, 6) is 1.42. The van der Waals surface area contributed by atoms with E-state index in [2.05, 4.69) is 20.4 Å². The quantitative estimate of drug-likeness (QED) is 0.680. The molecule has 0 unspecified atom stereocenters. The molecule has 0 aliphatic carbocycles. The number of hydrogen-bond acceptors (Lipinski definition) is 5. The number of nitrogens with zero attached hydrogens (tertiary/aromatic N) is 3. The predicted molar refractivity (Wildman–Crippen MR) is 43.9 cm³/mol. The minimum atomic E-state index is 0.520. The summed E-state index contributed by atoms with van der Waals surface area (Å²) in [6.45, 7) is 1.81. The van der Waals surface area contributed by atoms with Crippen molar-refractivity contribution in [1.82, 2.24) is 15.1 Å². The molecule has 2 aromatic heterocycles. The number of fused-ring (bicyclic) bond motifs is 1.